The highest BCUT2D eigenvalue weighted by molar-refractivity contribution is 6.21. The molecule has 0 aliphatic rings. The number of hydrogen-bond donors (Lipinski definition) is 0. The molecule has 1 unspecified atom stereocenters. The zero-order valence-corrected chi connectivity index (χ0v) is 9.84. The summed E-state index contributed by atoms with van der Waals surface area (Å²) in [6, 6.07) is -0.385. The normalized spacial score (nSPS) is 15.3. The van der Waals surface area contributed by atoms with E-state index in [9.17, 15) is 39.5 Å². The minimum absolute atomic E-state index is 0.0552. The third-order valence-corrected chi connectivity index (χ3v) is 2.69. The molecule has 0 aliphatic carbocycles. The first-order valence-electron chi connectivity index (χ1n) is 4.73. The largest absolute Gasteiger partial charge is 0.416 e. The first kappa shape index (κ1) is 16.9. The molecule has 0 aromatic heterocycles. The lowest BCUT2D eigenvalue weighted by Crippen LogP contribution is -2.18. The fraction of sp³-hybridized carbons (Fsp3) is 0.400. The van der Waals surface area contributed by atoms with Crippen molar-refractivity contribution >= 4 is 11.6 Å². The smallest absolute Gasteiger partial charge is 0.169 e. The van der Waals surface area contributed by atoms with Gasteiger partial charge in [0.25, 0.3) is 0 Å². The summed E-state index contributed by atoms with van der Waals surface area (Å²) in [4.78, 5) is 0. The molecule has 0 amide bonds. The molecule has 0 saturated carbocycles. The Morgan fingerprint density at radius 2 is 1.05 bits per heavy atom. The van der Waals surface area contributed by atoms with E-state index in [0.29, 0.717) is 0 Å². The van der Waals surface area contributed by atoms with Crippen LogP contribution in [0, 0.1) is 0 Å². The van der Waals surface area contributed by atoms with Crippen LogP contribution in [-0.2, 0) is 12.4 Å². The molecular weight excluding hydrogens is 327 g/mol. The van der Waals surface area contributed by atoms with Crippen LogP contribution in [0.25, 0.3) is 0 Å². The highest BCUT2D eigenvalue weighted by Gasteiger charge is 2.43. The monoisotopic (exact) mass is 330 g/mol. The Morgan fingerprint density at radius 1 is 0.700 bits per heavy atom. The van der Waals surface area contributed by atoms with Crippen molar-refractivity contribution in [1.29, 1.82) is 0 Å². The second-order valence-corrected chi connectivity index (χ2v) is 4.18. The van der Waals surface area contributed by atoms with Gasteiger partial charge < -0.3 is 0 Å². The summed E-state index contributed by atoms with van der Waals surface area (Å²) in [5.74, 6) is 0. The molecule has 0 aliphatic heterocycles. The van der Waals surface area contributed by atoms with Crippen LogP contribution in [0.4, 0.5) is 39.5 Å². The average molecular weight is 331 g/mol. The van der Waals surface area contributed by atoms with E-state index in [0.717, 1.165) is 0 Å². The van der Waals surface area contributed by atoms with Gasteiger partial charge in [-0.05, 0) is 23.8 Å². The molecule has 20 heavy (non-hydrogen) atoms. The van der Waals surface area contributed by atoms with Gasteiger partial charge >= 0.3 is 18.5 Å². The maximum Gasteiger partial charge on any atom is 0.416 e. The van der Waals surface area contributed by atoms with Gasteiger partial charge in [0.05, 0.1) is 11.1 Å². The van der Waals surface area contributed by atoms with Crippen molar-refractivity contribution in [3.8, 4) is 0 Å². The van der Waals surface area contributed by atoms with Gasteiger partial charge in [0.2, 0.25) is 0 Å². The Labute approximate surface area is 111 Å². The first-order chi connectivity index (χ1) is 8.73. The number of rotatable bonds is 1. The van der Waals surface area contributed by atoms with Crippen LogP contribution < -0.4 is 0 Å². The predicted octanol–water partition coefficient (Wildman–Crippen LogP) is 5.57. The Bertz CT molecular complexity index is 451. The summed E-state index contributed by atoms with van der Waals surface area (Å²) in [7, 11) is 0. The zero-order chi connectivity index (χ0) is 15.9. The standard InChI is InChI=1S/C10H4ClF9/c11-7(10(18,19)20)4-1-5(8(12,13)14)3-6(2-4)9(15,16)17/h1-3,7H. The number of halogens is 10. The lowest BCUT2D eigenvalue weighted by atomic mass is 10.0. The van der Waals surface area contributed by atoms with Crippen LogP contribution in [0.15, 0.2) is 18.2 Å². The van der Waals surface area contributed by atoms with E-state index in [1.807, 2.05) is 0 Å². The second-order valence-electron chi connectivity index (χ2n) is 3.74. The van der Waals surface area contributed by atoms with E-state index in [1.165, 1.54) is 0 Å². The number of hydrogen-bond acceptors (Lipinski definition) is 0. The molecule has 1 aromatic carbocycles. The molecule has 114 valence electrons. The van der Waals surface area contributed by atoms with E-state index in [1.54, 1.807) is 0 Å². The summed E-state index contributed by atoms with van der Waals surface area (Å²) < 4.78 is 111. The van der Waals surface area contributed by atoms with E-state index < -0.39 is 40.6 Å². The molecule has 10 heteroatoms. The van der Waals surface area contributed by atoms with Crippen molar-refractivity contribution in [3.63, 3.8) is 0 Å². The van der Waals surface area contributed by atoms with Gasteiger partial charge in [-0.15, -0.1) is 11.6 Å². The lowest BCUT2D eigenvalue weighted by Gasteiger charge is -2.18. The van der Waals surface area contributed by atoms with Crippen LogP contribution in [-0.4, -0.2) is 6.18 Å². The molecule has 1 rings (SSSR count). The maximum atomic E-state index is 12.4. The SMILES string of the molecule is FC(F)(F)c1cc(C(Cl)C(F)(F)F)cc(C(F)(F)F)c1. The fourth-order valence-corrected chi connectivity index (χ4v) is 1.44. The van der Waals surface area contributed by atoms with Crippen LogP contribution in [0.3, 0.4) is 0 Å². The van der Waals surface area contributed by atoms with Crippen LogP contribution in [0.2, 0.25) is 0 Å². The van der Waals surface area contributed by atoms with Gasteiger partial charge in [-0.1, -0.05) is 0 Å². The molecule has 0 N–H and O–H groups in total. The topological polar surface area (TPSA) is 0 Å². The van der Waals surface area contributed by atoms with Gasteiger partial charge in [0, 0.05) is 0 Å². The molecule has 1 aromatic rings. The Balaban J connectivity index is 3.47. The van der Waals surface area contributed by atoms with E-state index in [2.05, 4.69) is 0 Å². The summed E-state index contributed by atoms with van der Waals surface area (Å²) in [6.07, 6.45) is -15.6. The number of benzene rings is 1. The van der Waals surface area contributed by atoms with Crippen LogP contribution >= 0.6 is 11.6 Å². The molecule has 0 saturated heterocycles. The molecular formula is C10H4ClF9. The minimum atomic E-state index is -5.22. The van der Waals surface area contributed by atoms with E-state index in [-0.39, 0.29) is 18.2 Å². The van der Waals surface area contributed by atoms with Crippen molar-refractivity contribution in [2.45, 2.75) is 23.9 Å². The molecule has 0 fully saturated rings. The molecule has 0 nitrogen and oxygen atoms in total. The van der Waals surface area contributed by atoms with E-state index in [4.69, 9.17) is 11.6 Å². The van der Waals surface area contributed by atoms with Crippen molar-refractivity contribution in [3.05, 3.63) is 34.9 Å². The Morgan fingerprint density at radius 3 is 1.30 bits per heavy atom. The first-order valence-corrected chi connectivity index (χ1v) is 5.16. The quantitative estimate of drug-likeness (QED) is 0.467. The van der Waals surface area contributed by atoms with Gasteiger partial charge in [0.1, 0.15) is 0 Å². The number of alkyl halides is 10. The molecule has 0 bridgehead atoms. The summed E-state index contributed by atoms with van der Waals surface area (Å²) in [6.45, 7) is 0. The van der Waals surface area contributed by atoms with Crippen molar-refractivity contribution < 1.29 is 39.5 Å². The summed E-state index contributed by atoms with van der Waals surface area (Å²) in [5, 5.41) is -2.97. The van der Waals surface area contributed by atoms with Gasteiger partial charge in [0.15, 0.2) is 5.38 Å². The maximum absolute atomic E-state index is 12.4. The lowest BCUT2D eigenvalue weighted by molar-refractivity contribution is -0.145. The minimum Gasteiger partial charge on any atom is -0.169 e. The summed E-state index contributed by atoms with van der Waals surface area (Å²) >= 11 is 4.87. The molecule has 0 radical (unpaired) electrons. The van der Waals surface area contributed by atoms with Gasteiger partial charge in [-0.3, -0.25) is 0 Å². The highest BCUT2D eigenvalue weighted by Crippen LogP contribution is 2.43. The Kier molecular flexibility index (Phi) is 4.24. The predicted molar refractivity (Wildman–Crippen MR) is 51.1 cm³/mol. The molecule has 0 heterocycles. The fourth-order valence-electron chi connectivity index (χ4n) is 1.31. The third kappa shape index (κ3) is 3.94. The third-order valence-electron chi connectivity index (χ3n) is 2.19. The van der Waals surface area contributed by atoms with Crippen molar-refractivity contribution in [2.75, 3.05) is 0 Å². The average Bonchev–Trinajstić information content (AvgIpc) is 2.23. The molecule has 0 spiro atoms. The molecule has 1 atom stereocenters. The van der Waals surface area contributed by atoms with Crippen LogP contribution in [0.1, 0.15) is 22.1 Å². The van der Waals surface area contributed by atoms with Crippen molar-refractivity contribution in [2.24, 2.45) is 0 Å². The zero-order valence-electron chi connectivity index (χ0n) is 9.09. The Hall–Kier alpha value is -1.12. The van der Waals surface area contributed by atoms with Crippen molar-refractivity contribution in [1.82, 2.24) is 0 Å². The van der Waals surface area contributed by atoms with E-state index >= 15 is 0 Å². The van der Waals surface area contributed by atoms with Gasteiger partial charge in [-0.2, -0.15) is 39.5 Å². The second kappa shape index (κ2) is 5.01. The highest BCUT2D eigenvalue weighted by atomic mass is 35.5. The van der Waals surface area contributed by atoms with Crippen LogP contribution in [0.5, 0.6) is 0 Å². The summed E-state index contributed by atoms with van der Waals surface area (Å²) in [5.41, 5.74) is -5.02. The van der Waals surface area contributed by atoms with Gasteiger partial charge in [-0.25, -0.2) is 0 Å².